The molecule has 0 aliphatic carbocycles. The number of nitrogens with zero attached hydrogens (tertiary/aromatic N) is 3. The van der Waals surface area contributed by atoms with Crippen LogP contribution in [0.4, 0.5) is 0 Å². The average molecular weight is 447 g/mol. The van der Waals surface area contributed by atoms with Crippen LogP contribution in [0.2, 0.25) is 0 Å². The van der Waals surface area contributed by atoms with E-state index in [2.05, 4.69) is 91.6 Å². The Morgan fingerprint density at radius 1 is 1.03 bits per heavy atom. The summed E-state index contributed by atoms with van der Waals surface area (Å²) in [7, 11) is 0. The standard InChI is InChI=1S/C27H34N4S/c1-7-8-13-30-26(24(29-27(30)32)23-11-9-10-12-28-23)22-16-20(5)31(21(22)6)25-18(3)14-17(2)15-19(25)4/h9-12,14-16,24,26H,7-8,13H2,1-6H3,(H,29,32)/t24-,26-/m1/s1. The number of rotatable bonds is 6. The molecule has 2 atom stereocenters. The molecule has 0 saturated carbocycles. The summed E-state index contributed by atoms with van der Waals surface area (Å²) in [6.07, 6.45) is 4.12. The lowest BCUT2D eigenvalue weighted by molar-refractivity contribution is 0.312. The Bertz CT molecular complexity index is 1110. The second kappa shape index (κ2) is 9.07. The molecule has 0 radical (unpaired) electrons. The van der Waals surface area contributed by atoms with Crippen LogP contribution in [-0.2, 0) is 0 Å². The number of pyridine rings is 1. The van der Waals surface area contributed by atoms with Crippen molar-refractivity contribution in [2.45, 2.75) is 66.5 Å². The number of hydrogen-bond acceptors (Lipinski definition) is 2. The second-order valence-corrected chi connectivity index (χ2v) is 9.47. The summed E-state index contributed by atoms with van der Waals surface area (Å²) >= 11 is 5.82. The van der Waals surface area contributed by atoms with Crippen molar-refractivity contribution in [2.24, 2.45) is 0 Å². The van der Waals surface area contributed by atoms with Gasteiger partial charge in [0, 0.05) is 24.1 Å². The van der Waals surface area contributed by atoms with Crippen LogP contribution in [0.25, 0.3) is 5.69 Å². The van der Waals surface area contributed by atoms with Gasteiger partial charge in [0.05, 0.1) is 23.5 Å². The molecule has 3 aromatic rings. The maximum Gasteiger partial charge on any atom is 0.170 e. The third-order valence-electron chi connectivity index (χ3n) is 6.60. The normalized spacial score (nSPS) is 18.3. The molecule has 0 amide bonds. The van der Waals surface area contributed by atoms with Crippen LogP contribution >= 0.6 is 12.2 Å². The first kappa shape index (κ1) is 22.5. The number of benzene rings is 1. The van der Waals surface area contributed by atoms with Crippen LogP contribution in [0, 0.1) is 34.6 Å². The minimum absolute atomic E-state index is 0.0368. The number of nitrogens with one attached hydrogen (secondary N) is 1. The molecule has 4 rings (SSSR count). The SMILES string of the molecule is CCCCN1C(=S)N[C@H](c2ccccn2)[C@H]1c1cc(C)n(-c2c(C)cc(C)cc2C)c1C. The number of aromatic nitrogens is 2. The lowest BCUT2D eigenvalue weighted by Gasteiger charge is -2.28. The summed E-state index contributed by atoms with van der Waals surface area (Å²) in [4.78, 5) is 7.06. The van der Waals surface area contributed by atoms with E-state index in [0.717, 1.165) is 30.2 Å². The highest BCUT2D eigenvalue weighted by Gasteiger charge is 2.41. The van der Waals surface area contributed by atoms with Crippen LogP contribution in [-0.4, -0.2) is 26.1 Å². The van der Waals surface area contributed by atoms with Crippen molar-refractivity contribution < 1.29 is 0 Å². The fraction of sp³-hybridized carbons (Fsp3) is 0.407. The minimum atomic E-state index is 0.0368. The first-order valence-corrected chi connectivity index (χ1v) is 12.0. The predicted molar refractivity (Wildman–Crippen MR) is 137 cm³/mol. The largest absolute Gasteiger partial charge is 0.352 e. The van der Waals surface area contributed by atoms with Crippen molar-refractivity contribution in [3.05, 3.63) is 81.9 Å². The van der Waals surface area contributed by atoms with E-state index in [-0.39, 0.29) is 12.1 Å². The molecule has 4 nitrogen and oxygen atoms in total. The van der Waals surface area contributed by atoms with E-state index in [1.165, 1.54) is 39.3 Å². The van der Waals surface area contributed by atoms with E-state index < -0.39 is 0 Å². The van der Waals surface area contributed by atoms with Gasteiger partial charge in [0.2, 0.25) is 0 Å². The fourth-order valence-electron chi connectivity index (χ4n) is 5.27. The van der Waals surface area contributed by atoms with Crippen LogP contribution in [0.1, 0.15) is 71.2 Å². The number of aryl methyl sites for hydroxylation is 4. The van der Waals surface area contributed by atoms with E-state index in [1.807, 2.05) is 12.3 Å². The zero-order chi connectivity index (χ0) is 23.0. The average Bonchev–Trinajstić information content (AvgIpc) is 3.22. The zero-order valence-electron chi connectivity index (χ0n) is 20.1. The highest BCUT2D eigenvalue weighted by Crippen LogP contribution is 2.42. The van der Waals surface area contributed by atoms with Gasteiger partial charge in [-0.2, -0.15) is 0 Å². The van der Waals surface area contributed by atoms with E-state index in [4.69, 9.17) is 12.2 Å². The Labute approximate surface area is 197 Å². The van der Waals surface area contributed by atoms with Crippen LogP contribution in [0.5, 0.6) is 0 Å². The topological polar surface area (TPSA) is 33.1 Å². The molecule has 3 heterocycles. The molecule has 5 heteroatoms. The van der Waals surface area contributed by atoms with Gasteiger partial charge in [-0.1, -0.05) is 37.1 Å². The highest BCUT2D eigenvalue weighted by molar-refractivity contribution is 7.80. The highest BCUT2D eigenvalue weighted by atomic mass is 32.1. The van der Waals surface area contributed by atoms with Gasteiger partial charge in [-0.3, -0.25) is 4.98 Å². The van der Waals surface area contributed by atoms with Gasteiger partial charge in [-0.25, -0.2) is 0 Å². The van der Waals surface area contributed by atoms with Crippen LogP contribution in [0.15, 0.2) is 42.6 Å². The molecule has 1 aliphatic rings. The second-order valence-electron chi connectivity index (χ2n) is 9.08. The van der Waals surface area contributed by atoms with Crippen molar-refractivity contribution in [3.8, 4) is 5.69 Å². The molecule has 0 spiro atoms. The quantitative estimate of drug-likeness (QED) is 0.458. The monoisotopic (exact) mass is 446 g/mol. The maximum absolute atomic E-state index is 5.82. The van der Waals surface area contributed by atoms with E-state index in [1.54, 1.807) is 0 Å². The van der Waals surface area contributed by atoms with Gasteiger partial charge in [0.15, 0.2) is 5.11 Å². The molecule has 2 aromatic heterocycles. The minimum Gasteiger partial charge on any atom is -0.352 e. The third-order valence-corrected chi connectivity index (χ3v) is 6.95. The van der Waals surface area contributed by atoms with Gasteiger partial charge in [0.1, 0.15) is 0 Å². The predicted octanol–water partition coefficient (Wildman–Crippen LogP) is 6.19. The third kappa shape index (κ3) is 3.95. The van der Waals surface area contributed by atoms with Gasteiger partial charge < -0.3 is 14.8 Å². The van der Waals surface area contributed by atoms with Crippen LogP contribution in [0.3, 0.4) is 0 Å². The summed E-state index contributed by atoms with van der Waals surface area (Å²) in [5.74, 6) is 0. The van der Waals surface area contributed by atoms with Crippen molar-refractivity contribution >= 4 is 17.3 Å². The number of thiocarbonyl (C=S) groups is 1. The smallest absolute Gasteiger partial charge is 0.170 e. The van der Waals surface area contributed by atoms with Crippen LogP contribution < -0.4 is 5.32 Å². The molecular formula is C27H34N4S. The summed E-state index contributed by atoms with van der Waals surface area (Å²) in [6.45, 7) is 14.2. The van der Waals surface area contributed by atoms with E-state index >= 15 is 0 Å². The van der Waals surface area contributed by atoms with Crippen molar-refractivity contribution in [2.75, 3.05) is 6.54 Å². The molecule has 1 aliphatic heterocycles. The number of hydrogen-bond donors (Lipinski definition) is 1. The fourth-order valence-corrected chi connectivity index (χ4v) is 5.60. The molecule has 168 valence electrons. The Balaban J connectivity index is 1.86. The molecule has 0 bridgehead atoms. The summed E-state index contributed by atoms with van der Waals surface area (Å²) in [5.41, 5.74) is 10.1. The Hall–Kier alpha value is -2.66. The molecule has 1 aromatic carbocycles. The van der Waals surface area contributed by atoms with Crippen molar-refractivity contribution in [1.29, 1.82) is 0 Å². The molecule has 1 fully saturated rings. The Kier molecular flexibility index (Phi) is 6.38. The number of unbranched alkanes of at least 4 members (excludes halogenated alkanes) is 1. The first-order valence-electron chi connectivity index (χ1n) is 11.6. The lowest BCUT2D eigenvalue weighted by Crippen LogP contribution is -2.30. The van der Waals surface area contributed by atoms with E-state index in [9.17, 15) is 0 Å². The van der Waals surface area contributed by atoms with Gasteiger partial charge >= 0.3 is 0 Å². The van der Waals surface area contributed by atoms with Crippen molar-refractivity contribution in [3.63, 3.8) is 0 Å². The van der Waals surface area contributed by atoms with Gasteiger partial charge in [0.25, 0.3) is 0 Å². The van der Waals surface area contributed by atoms with Gasteiger partial charge in [-0.15, -0.1) is 0 Å². The summed E-state index contributed by atoms with van der Waals surface area (Å²) in [6, 6.07) is 13.2. The van der Waals surface area contributed by atoms with E-state index in [0.29, 0.717) is 0 Å². The first-order chi connectivity index (χ1) is 15.3. The maximum atomic E-state index is 5.82. The molecule has 32 heavy (non-hydrogen) atoms. The van der Waals surface area contributed by atoms with Crippen molar-refractivity contribution in [1.82, 2.24) is 19.8 Å². The Morgan fingerprint density at radius 2 is 1.75 bits per heavy atom. The Morgan fingerprint density at radius 3 is 2.38 bits per heavy atom. The molecule has 1 saturated heterocycles. The lowest BCUT2D eigenvalue weighted by atomic mass is 9.96. The summed E-state index contributed by atoms with van der Waals surface area (Å²) in [5, 5.41) is 4.41. The zero-order valence-corrected chi connectivity index (χ0v) is 20.9. The summed E-state index contributed by atoms with van der Waals surface area (Å²) < 4.78 is 2.42. The molecular weight excluding hydrogens is 412 g/mol. The molecule has 1 N–H and O–H groups in total. The van der Waals surface area contributed by atoms with Gasteiger partial charge in [-0.05, 0) is 88.1 Å². The molecule has 0 unspecified atom stereocenters.